The summed E-state index contributed by atoms with van der Waals surface area (Å²) in [5.74, 6) is -4.90. The number of fused-ring (bicyclic) bond motifs is 10. The first kappa shape index (κ1) is 37.0. The molecule has 2 aliphatic rings. The average molecular weight is 749 g/mol. The van der Waals surface area contributed by atoms with Crippen LogP contribution in [0.2, 0.25) is 0 Å². The fourth-order valence-electron chi connectivity index (χ4n) is 8.88. The zero-order valence-corrected chi connectivity index (χ0v) is 32.3. The van der Waals surface area contributed by atoms with Gasteiger partial charge in [0.05, 0.1) is 11.0 Å². The zero-order valence-electron chi connectivity index (χ0n) is 32.3. The van der Waals surface area contributed by atoms with Crippen molar-refractivity contribution in [2.75, 3.05) is 0 Å². The molecule has 0 radical (unpaired) electrons. The van der Waals surface area contributed by atoms with Crippen LogP contribution in [0.4, 0.5) is 0 Å². The number of allylic oxidation sites excluding steroid dienone is 4. The fraction of sp³-hybridized carbons (Fsp3) is 0.115. The topological polar surface area (TPSA) is 101 Å². The summed E-state index contributed by atoms with van der Waals surface area (Å²) >= 11 is 0. The standard InChI is InChI=1S/C50H38O5.C2H6/c1-29(32-15-12-16-33(27-32)31-13-4-3-5-14-31)25-35(26-30(2)44-45(51)47(53)49(55)48(54)46(44)52)34-23-24-39-38-19-8-11-22-42(38)50(43(39)28-34)40-20-9-6-17-36(40)37-18-7-10-21-41(37)50;1-2/h3-28,30,51-55H,1-2H3;1-2H3/b29-25+,35-26+;. The highest BCUT2D eigenvalue weighted by atomic mass is 16.4. The SMILES string of the molecule is C/C(=C\C(=C/C(C)c1c(O)c(O)c(O)c(O)c1O)c1ccc2c(c1)C1(c3ccccc3-c3ccccc31)c1ccccc1-2)c1cccc(-c2ccccc2)c1.CC. The summed E-state index contributed by atoms with van der Waals surface area (Å²) in [5, 5.41) is 53.0. The van der Waals surface area contributed by atoms with Crippen molar-refractivity contribution >= 4 is 11.1 Å². The Morgan fingerprint density at radius 1 is 0.474 bits per heavy atom. The smallest absolute Gasteiger partial charge is 0.208 e. The average Bonchev–Trinajstić information content (AvgIpc) is 3.73. The Kier molecular flexibility index (Phi) is 9.46. The number of phenolic OH excluding ortho intramolecular Hbond substituents is 5. The van der Waals surface area contributed by atoms with Crippen LogP contribution in [-0.4, -0.2) is 25.5 Å². The van der Waals surface area contributed by atoms with Crippen molar-refractivity contribution in [2.24, 2.45) is 0 Å². The number of phenols is 5. The lowest BCUT2D eigenvalue weighted by Crippen LogP contribution is -2.25. The molecule has 0 amide bonds. The molecule has 5 nitrogen and oxygen atoms in total. The molecule has 0 saturated heterocycles. The maximum Gasteiger partial charge on any atom is 0.208 e. The normalized spacial score (nSPS) is 13.9. The van der Waals surface area contributed by atoms with E-state index in [0.29, 0.717) is 0 Å². The number of aromatic hydroxyl groups is 5. The maximum absolute atomic E-state index is 11.0. The predicted molar refractivity (Wildman–Crippen MR) is 231 cm³/mol. The second-order valence-electron chi connectivity index (χ2n) is 14.5. The highest BCUT2D eigenvalue weighted by Crippen LogP contribution is 2.63. The van der Waals surface area contributed by atoms with Crippen LogP contribution in [0.5, 0.6) is 28.7 Å². The highest BCUT2D eigenvalue weighted by Gasteiger charge is 2.51. The van der Waals surface area contributed by atoms with Crippen LogP contribution in [0.25, 0.3) is 44.5 Å². The lowest BCUT2D eigenvalue weighted by atomic mass is 9.70. The Morgan fingerprint density at radius 3 is 1.51 bits per heavy atom. The van der Waals surface area contributed by atoms with Gasteiger partial charge in [0.15, 0.2) is 11.5 Å². The van der Waals surface area contributed by atoms with Gasteiger partial charge in [-0.15, -0.1) is 0 Å². The van der Waals surface area contributed by atoms with Crippen LogP contribution in [0.15, 0.2) is 158 Å². The largest absolute Gasteiger partial charge is 0.504 e. The maximum atomic E-state index is 11.0. The number of rotatable bonds is 6. The van der Waals surface area contributed by atoms with Gasteiger partial charge < -0.3 is 25.5 Å². The first-order valence-corrected chi connectivity index (χ1v) is 19.4. The number of hydrogen-bond acceptors (Lipinski definition) is 5. The minimum Gasteiger partial charge on any atom is -0.504 e. The van der Waals surface area contributed by atoms with Crippen molar-refractivity contribution in [3.05, 3.63) is 197 Å². The van der Waals surface area contributed by atoms with Crippen molar-refractivity contribution in [3.8, 4) is 62.1 Å². The molecule has 0 heterocycles. The molecule has 7 aromatic rings. The first-order valence-electron chi connectivity index (χ1n) is 19.4. The van der Waals surface area contributed by atoms with Crippen LogP contribution >= 0.6 is 0 Å². The second-order valence-corrected chi connectivity index (χ2v) is 14.5. The molecule has 0 bridgehead atoms. The van der Waals surface area contributed by atoms with E-state index in [1.165, 1.54) is 33.4 Å². The van der Waals surface area contributed by atoms with Gasteiger partial charge in [0.2, 0.25) is 17.2 Å². The molecule has 5 heteroatoms. The highest BCUT2D eigenvalue weighted by molar-refractivity contribution is 5.96. The molecule has 0 saturated carbocycles. The molecule has 1 spiro atoms. The summed E-state index contributed by atoms with van der Waals surface area (Å²) in [7, 11) is 0. The van der Waals surface area contributed by atoms with Crippen molar-refractivity contribution in [1.82, 2.24) is 0 Å². The van der Waals surface area contributed by atoms with Crippen LogP contribution in [-0.2, 0) is 5.41 Å². The Bertz CT molecular complexity index is 2650. The molecule has 0 aromatic heterocycles. The molecule has 2 aliphatic carbocycles. The minimum atomic E-state index is -0.982. The van der Waals surface area contributed by atoms with E-state index in [1.807, 2.05) is 44.2 Å². The summed E-state index contributed by atoms with van der Waals surface area (Å²) in [4.78, 5) is 0. The van der Waals surface area contributed by atoms with Gasteiger partial charge in [-0.3, -0.25) is 0 Å². The van der Waals surface area contributed by atoms with E-state index in [-0.39, 0.29) is 5.56 Å². The second kappa shape index (κ2) is 14.6. The molecule has 7 aromatic carbocycles. The quantitative estimate of drug-likeness (QED) is 0.0662. The Labute approximate surface area is 333 Å². The van der Waals surface area contributed by atoms with Crippen LogP contribution in [0, 0.1) is 0 Å². The van der Waals surface area contributed by atoms with E-state index in [0.717, 1.165) is 44.5 Å². The molecule has 0 aliphatic heterocycles. The van der Waals surface area contributed by atoms with E-state index in [1.54, 1.807) is 6.92 Å². The lowest BCUT2D eigenvalue weighted by Gasteiger charge is -2.30. The van der Waals surface area contributed by atoms with Crippen molar-refractivity contribution < 1.29 is 25.5 Å². The van der Waals surface area contributed by atoms with Gasteiger partial charge in [-0.1, -0.05) is 166 Å². The van der Waals surface area contributed by atoms with E-state index in [2.05, 4.69) is 134 Å². The van der Waals surface area contributed by atoms with Gasteiger partial charge in [-0.25, -0.2) is 0 Å². The summed E-state index contributed by atoms with van der Waals surface area (Å²) in [6.07, 6.45) is 4.00. The molecular weight excluding hydrogens is 705 g/mol. The van der Waals surface area contributed by atoms with Gasteiger partial charge in [-0.05, 0) is 97.0 Å². The van der Waals surface area contributed by atoms with Gasteiger partial charge in [-0.2, -0.15) is 0 Å². The molecule has 282 valence electrons. The molecule has 57 heavy (non-hydrogen) atoms. The van der Waals surface area contributed by atoms with E-state index in [9.17, 15) is 25.5 Å². The van der Waals surface area contributed by atoms with Crippen molar-refractivity contribution in [3.63, 3.8) is 0 Å². The molecular formula is C52H44O5. The Hall–Kier alpha value is -6.98. The summed E-state index contributed by atoms with van der Waals surface area (Å²) < 4.78 is 0. The Balaban J connectivity index is 0.00000224. The zero-order chi connectivity index (χ0) is 40.0. The van der Waals surface area contributed by atoms with Gasteiger partial charge in [0, 0.05) is 5.92 Å². The van der Waals surface area contributed by atoms with Crippen LogP contribution in [0.3, 0.4) is 0 Å². The fourth-order valence-corrected chi connectivity index (χ4v) is 8.88. The van der Waals surface area contributed by atoms with Gasteiger partial charge in [0.1, 0.15) is 0 Å². The summed E-state index contributed by atoms with van der Waals surface area (Å²) in [6.45, 7) is 7.82. The molecule has 1 unspecified atom stereocenters. The molecule has 5 N–H and O–H groups in total. The number of benzene rings is 7. The van der Waals surface area contributed by atoms with E-state index >= 15 is 0 Å². The van der Waals surface area contributed by atoms with Gasteiger partial charge in [0.25, 0.3) is 0 Å². The van der Waals surface area contributed by atoms with Crippen LogP contribution < -0.4 is 0 Å². The van der Waals surface area contributed by atoms with Crippen molar-refractivity contribution in [1.29, 1.82) is 0 Å². The molecule has 1 atom stereocenters. The van der Waals surface area contributed by atoms with Crippen molar-refractivity contribution in [2.45, 2.75) is 39.0 Å². The first-order chi connectivity index (χ1) is 27.7. The molecule has 0 fully saturated rings. The number of hydrogen-bond donors (Lipinski definition) is 5. The lowest BCUT2D eigenvalue weighted by molar-refractivity contribution is 0.323. The van der Waals surface area contributed by atoms with Gasteiger partial charge >= 0.3 is 0 Å². The monoisotopic (exact) mass is 748 g/mol. The third-order valence-corrected chi connectivity index (χ3v) is 11.4. The summed E-state index contributed by atoms with van der Waals surface area (Å²) in [6, 6.07) is 51.1. The van der Waals surface area contributed by atoms with E-state index < -0.39 is 40.1 Å². The minimum absolute atomic E-state index is 0.105. The van der Waals surface area contributed by atoms with Crippen LogP contribution in [0.1, 0.15) is 72.6 Å². The Morgan fingerprint density at radius 2 is 0.947 bits per heavy atom. The third-order valence-electron chi connectivity index (χ3n) is 11.4. The summed E-state index contributed by atoms with van der Waals surface area (Å²) in [5.41, 5.74) is 14.9. The third kappa shape index (κ3) is 5.77. The van der Waals surface area contributed by atoms with E-state index in [4.69, 9.17) is 0 Å². The predicted octanol–water partition coefficient (Wildman–Crippen LogP) is 12.5. The molecule has 9 rings (SSSR count).